The average molecular weight is 380 g/mol. The summed E-state index contributed by atoms with van der Waals surface area (Å²) in [6, 6.07) is 0. The van der Waals surface area contributed by atoms with Crippen molar-refractivity contribution in [2.75, 3.05) is 30.4 Å². The number of nitrogens with two attached hydrogens (primary N) is 1. The lowest BCUT2D eigenvalue weighted by molar-refractivity contribution is -0.125. The Hall–Kier alpha value is -2.09. The van der Waals surface area contributed by atoms with E-state index in [9.17, 15) is 14.4 Å². The molecule has 27 heavy (non-hydrogen) atoms. The largest absolute Gasteiger partial charge is 0.383 e. The molecule has 0 saturated carbocycles. The van der Waals surface area contributed by atoms with Crippen LogP contribution in [-0.2, 0) is 16.1 Å². The lowest BCUT2D eigenvalue weighted by atomic mass is 9.98. The van der Waals surface area contributed by atoms with E-state index in [2.05, 4.69) is 11.9 Å². The minimum atomic E-state index is -0.595. The highest BCUT2D eigenvalue weighted by molar-refractivity contribution is 5.97. The Morgan fingerprint density at radius 1 is 1.19 bits per heavy atom. The number of nitrogen functional groups attached to an aromatic ring is 1. The molecule has 3 N–H and O–H groups in total. The number of aromatic nitrogens is 2. The van der Waals surface area contributed by atoms with Gasteiger partial charge in [-0.1, -0.05) is 33.1 Å². The van der Waals surface area contributed by atoms with Gasteiger partial charge >= 0.3 is 5.69 Å². The summed E-state index contributed by atoms with van der Waals surface area (Å²) in [5.74, 6) is -0.211. The quantitative estimate of drug-likeness (QED) is 0.636. The van der Waals surface area contributed by atoms with Crippen molar-refractivity contribution in [3.63, 3.8) is 0 Å². The molecular formula is C19H32N4O4. The minimum absolute atomic E-state index is 0.0779. The Balaban J connectivity index is 2.42. The molecule has 8 heteroatoms. The second-order valence-corrected chi connectivity index (χ2v) is 7.08. The smallest absolute Gasteiger partial charge is 0.330 e. The molecule has 8 nitrogen and oxygen atoms in total. The van der Waals surface area contributed by atoms with Gasteiger partial charge in [-0.15, -0.1) is 0 Å². The molecule has 1 aliphatic rings. The fourth-order valence-electron chi connectivity index (χ4n) is 3.39. The van der Waals surface area contributed by atoms with Crippen molar-refractivity contribution in [2.24, 2.45) is 5.92 Å². The number of aromatic amines is 1. The molecule has 0 unspecified atom stereocenters. The van der Waals surface area contributed by atoms with Crippen LogP contribution in [0.2, 0.25) is 0 Å². The van der Waals surface area contributed by atoms with Gasteiger partial charge in [-0.05, 0) is 25.7 Å². The van der Waals surface area contributed by atoms with Crippen molar-refractivity contribution in [1.29, 1.82) is 0 Å². The monoisotopic (exact) mass is 380 g/mol. The van der Waals surface area contributed by atoms with Gasteiger partial charge in [-0.3, -0.25) is 19.1 Å². The number of hydrogen-bond acceptors (Lipinski definition) is 5. The van der Waals surface area contributed by atoms with Gasteiger partial charge in [0.05, 0.1) is 0 Å². The number of carbonyl (C=O) groups is 1. The first kappa shape index (κ1) is 21.2. The van der Waals surface area contributed by atoms with E-state index in [1.807, 2.05) is 6.92 Å². The Morgan fingerprint density at radius 2 is 1.85 bits per heavy atom. The van der Waals surface area contributed by atoms with E-state index in [-0.39, 0.29) is 23.3 Å². The standard InChI is InChI=1S/C19H32N4O4/c1-3-5-7-11-22(18(25)14-8-12-27-13-9-14)15-16(20)23(10-6-4-2)19(26)21-17(15)24/h14H,3-13,20H2,1-2H3,(H,21,24,26). The van der Waals surface area contributed by atoms with E-state index in [0.717, 1.165) is 32.1 Å². The van der Waals surface area contributed by atoms with Crippen LogP contribution in [0.5, 0.6) is 0 Å². The number of hydrogen-bond donors (Lipinski definition) is 2. The summed E-state index contributed by atoms with van der Waals surface area (Å²) >= 11 is 0. The Kier molecular flexibility index (Phi) is 8.09. The summed E-state index contributed by atoms with van der Waals surface area (Å²) in [6.45, 7) is 6.01. The van der Waals surface area contributed by atoms with Gasteiger partial charge in [-0.2, -0.15) is 0 Å². The third-order valence-electron chi connectivity index (χ3n) is 5.04. The molecule has 0 spiro atoms. The van der Waals surface area contributed by atoms with Crippen LogP contribution in [0.25, 0.3) is 0 Å². The first-order chi connectivity index (χ1) is 13.0. The molecule has 1 aliphatic heterocycles. The topological polar surface area (TPSA) is 110 Å². The highest BCUT2D eigenvalue weighted by Crippen LogP contribution is 2.24. The summed E-state index contributed by atoms with van der Waals surface area (Å²) in [7, 11) is 0. The van der Waals surface area contributed by atoms with Crippen LogP contribution in [0, 0.1) is 5.92 Å². The first-order valence-electron chi connectivity index (χ1n) is 10.0. The van der Waals surface area contributed by atoms with Gasteiger partial charge in [0.25, 0.3) is 5.56 Å². The fourth-order valence-corrected chi connectivity index (χ4v) is 3.39. The number of ether oxygens (including phenoxy) is 1. The molecule has 1 amide bonds. The number of carbonyl (C=O) groups excluding carboxylic acids is 1. The molecule has 1 fully saturated rings. The number of amides is 1. The summed E-state index contributed by atoms with van der Waals surface area (Å²) < 4.78 is 6.72. The van der Waals surface area contributed by atoms with E-state index >= 15 is 0 Å². The van der Waals surface area contributed by atoms with Crippen LogP contribution in [0.3, 0.4) is 0 Å². The highest BCUT2D eigenvalue weighted by atomic mass is 16.5. The van der Waals surface area contributed by atoms with E-state index in [4.69, 9.17) is 10.5 Å². The zero-order valence-electron chi connectivity index (χ0n) is 16.5. The normalized spacial score (nSPS) is 15.0. The molecule has 0 atom stereocenters. The zero-order chi connectivity index (χ0) is 19.8. The maximum Gasteiger partial charge on any atom is 0.330 e. The van der Waals surface area contributed by atoms with Crippen molar-refractivity contribution < 1.29 is 9.53 Å². The predicted molar refractivity (Wildman–Crippen MR) is 106 cm³/mol. The molecule has 2 heterocycles. The lowest BCUT2D eigenvalue weighted by Crippen LogP contribution is -2.45. The van der Waals surface area contributed by atoms with Gasteiger partial charge < -0.3 is 15.4 Å². The Morgan fingerprint density at radius 3 is 2.48 bits per heavy atom. The second kappa shape index (κ2) is 10.3. The van der Waals surface area contributed by atoms with Crippen LogP contribution < -0.4 is 21.9 Å². The third kappa shape index (κ3) is 5.22. The van der Waals surface area contributed by atoms with Crippen molar-refractivity contribution >= 4 is 17.4 Å². The van der Waals surface area contributed by atoms with Gasteiger partial charge in [0.2, 0.25) is 5.91 Å². The van der Waals surface area contributed by atoms with Gasteiger partial charge in [-0.25, -0.2) is 4.79 Å². The number of anilines is 2. The maximum atomic E-state index is 13.2. The summed E-state index contributed by atoms with van der Waals surface area (Å²) in [5.41, 5.74) is 5.21. The van der Waals surface area contributed by atoms with Crippen LogP contribution in [0.15, 0.2) is 9.59 Å². The van der Waals surface area contributed by atoms with Crippen molar-refractivity contribution in [2.45, 2.75) is 65.3 Å². The van der Waals surface area contributed by atoms with E-state index in [1.165, 1.54) is 9.47 Å². The summed E-state index contributed by atoms with van der Waals surface area (Å²) in [5, 5.41) is 0. The Labute approximate surface area is 159 Å². The molecule has 2 rings (SSSR count). The number of nitrogens with one attached hydrogen (secondary N) is 1. The van der Waals surface area contributed by atoms with Crippen LogP contribution >= 0.6 is 0 Å². The SMILES string of the molecule is CCCCCN(C(=O)C1CCOCC1)c1c(N)n(CCCC)c(=O)[nH]c1=O. The van der Waals surface area contributed by atoms with Crippen molar-refractivity contribution in [3.05, 3.63) is 20.8 Å². The van der Waals surface area contributed by atoms with Crippen molar-refractivity contribution in [3.8, 4) is 0 Å². The lowest BCUT2D eigenvalue weighted by Gasteiger charge is -2.30. The minimum Gasteiger partial charge on any atom is -0.383 e. The summed E-state index contributed by atoms with van der Waals surface area (Å²) in [4.78, 5) is 41.8. The highest BCUT2D eigenvalue weighted by Gasteiger charge is 2.30. The molecule has 0 bridgehead atoms. The fraction of sp³-hybridized carbons (Fsp3) is 0.737. The first-order valence-corrected chi connectivity index (χ1v) is 10.0. The predicted octanol–water partition coefficient (Wildman–Crippen LogP) is 1.87. The molecule has 0 aliphatic carbocycles. The molecule has 1 aromatic heterocycles. The third-order valence-corrected chi connectivity index (χ3v) is 5.04. The molecule has 1 aromatic rings. The second-order valence-electron chi connectivity index (χ2n) is 7.08. The number of H-pyrrole nitrogens is 1. The van der Waals surface area contributed by atoms with Gasteiger partial charge in [0, 0.05) is 32.2 Å². The van der Waals surface area contributed by atoms with E-state index in [1.54, 1.807) is 0 Å². The number of nitrogens with zero attached hydrogens (tertiary/aromatic N) is 2. The number of rotatable bonds is 9. The van der Waals surface area contributed by atoms with Crippen LogP contribution in [-0.4, -0.2) is 35.2 Å². The van der Waals surface area contributed by atoms with Gasteiger partial charge in [0.1, 0.15) is 5.82 Å². The number of unbranched alkanes of at least 4 members (excludes halogenated alkanes) is 3. The Bertz CT molecular complexity index is 734. The van der Waals surface area contributed by atoms with E-state index in [0.29, 0.717) is 39.1 Å². The zero-order valence-corrected chi connectivity index (χ0v) is 16.5. The molecule has 1 saturated heterocycles. The van der Waals surface area contributed by atoms with Crippen LogP contribution in [0.4, 0.5) is 11.5 Å². The average Bonchev–Trinajstić information content (AvgIpc) is 2.66. The van der Waals surface area contributed by atoms with Crippen LogP contribution in [0.1, 0.15) is 58.8 Å². The molecule has 152 valence electrons. The molecular weight excluding hydrogens is 348 g/mol. The van der Waals surface area contributed by atoms with Gasteiger partial charge in [0.15, 0.2) is 5.69 Å². The van der Waals surface area contributed by atoms with Crippen molar-refractivity contribution in [1.82, 2.24) is 9.55 Å². The van der Waals surface area contributed by atoms with E-state index < -0.39 is 11.2 Å². The maximum absolute atomic E-state index is 13.2. The molecule has 0 aromatic carbocycles. The summed E-state index contributed by atoms with van der Waals surface area (Å²) in [6.07, 6.45) is 5.65. The molecule has 0 radical (unpaired) electrons.